The number of para-hydroxylation sites is 1. The van der Waals surface area contributed by atoms with E-state index in [0.717, 1.165) is 6.42 Å². The van der Waals surface area contributed by atoms with Gasteiger partial charge in [0.2, 0.25) is 0 Å². The fraction of sp³-hybridized carbons (Fsp3) is 0.263. The number of rotatable bonds is 9. The number of carboxylic acids is 1. The first-order chi connectivity index (χ1) is 12.9. The van der Waals surface area contributed by atoms with Gasteiger partial charge >= 0.3 is 5.97 Å². The Balaban J connectivity index is 2.23. The average Bonchev–Trinajstić information content (AvgIpc) is 2.65. The predicted octanol–water partition coefficient (Wildman–Crippen LogP) is 3.33. The molecule has 2 aromatic carbocycles. The van der Waals surface area contributed by atoms with Crippen LogP contribution in [-0.2, 0) is 4.79 Å². The molecule has 8 heteroatoms. The van der Waals surface area contributed by atoms with E-state index in [0.29, 0.717) is 17.9 Å². The molecule has 27 heavy (non-hydrogen) atoms. The second kappa shape index (κ2) is 9.33. The lowest BCUT2D eigenvalue weighted by molar-refractivity contribution is -0.385. The van der Waals surface area contributed by atoms with Crippen LogP contribution in [-0.4, -0.2) is 28.5 Å². The lowest BCUT2D eigenvalue weighted by Crippen LogP contribution is -2.30. The van der Waals surface area contributed by atoms with Crippen molar-refractivity contribution in [3.63, 3.8) is 0 Å². The Morgan fingerprint density at radius 1 is 1.19 bits per heavy atom. The van der Waals surface area contributed by atoms with E-state index in [1.54, 1.807) is 24.3 Å². The Morgan fingerprint density at radius 3 is 2.44 bits per heavy atom. The third-order valence-corrected chi connectivity index (χ3v) is 3.78. The Morgan fingerprint density at radius 2 is 1.85 bits per heavy atom. The summed E-state index contributed by atoms with van der Waals surface area (Å²) in [4.78, 5) is 34.2. The van der Waals surface area contributed by atoms with Gasteiger partial charge in [-0.1, -0.05) is 31.2 Å². The monoisotopic (exact) mass is 372 g/mol. The lowest BCUT2D eigenvalue weighted by atomic mass is 10.0. The largest absolute Gasteiger partial charge is 0.494 e. The molecule has 0 fully saturated rings. The van der Waals surface area contributed by atoms with Crippen LogP contribution in [0.5, 0.6) is 5.75 Å². The highest BCUT2D eigenvalue weighted by Gasteiger charge is 2.24. The van der Waals surface area contributed by atoms with Gasteiger partial charge < -0.3 is 15.2 Å². The number of nitrogens with zero attached hydrogens (tertiary/aromatic N) is 1. The first kappa shape index (κ1) is 19.9. The van der Waals surface area contributed by atoms with Crippen molar-refractivity contribution in [1.82, 2.24) is 5.32 Å². The van der Waals surface area contributed by atoms with Crippen LogP contribution >= 0.6 is 0 Å². The number of hydrogen-bond donors (Lipinski definition) is 2. The summed E-state index contributed by atoms with van der Waals surface area (Å²) >= 11 is 0. The van der Waals surface area contributed by atoms with Crippen molar-refractivity contribution in [2.45, 2.75) is 25.8 Å². The lowest BCUT2D eigenvalue weighted by Gasteiger charge is -2.18. The number of carboxylic acid groups (broad SMARTS) is 1. The molecular weight excluding hydrogens is 352 g/mol. The Bertz CT molecular complexity index is 819. The second-order valence-electron chi connectivity index (χ2n) is 5.82. The maximum absolute atomic E-state index is 12.5. The van der Waals surface area contributed by atoms with Crippen LogP contribution in [0.3, 0.4) is 0 Å². The van der Waals surface area contributed by atoms with Gasteiger partial charge in [-0.05, 0) is 30.2 Å². The maximum Gasteiger partial charge on any atom is 0.305 e. The van der Waals surface area contributed by atoms with Gasteiger partial charge in [-0.3, -0.25) is 19.7 Å². The van der Waals surface area contributed by atoms with Crippen molar-refractivity contribution >= 4 is 17.6 Å². The molecular formula is C19H20N2O6. The topological polar surface area (TPSA) is 119 Å². The smallest absolute Gasteiger partial charge is 0.305 e. The summed E-state index contributed by atoms with van der Waals surface area (Å²) in [6.07, 6.45) is 0.497. The number of benzene rings is 2. The predicted molar refractivity (Wildman–Crippen MR) is 97.8 cm³/mol. The van der Waals surface area contributed by atoms with Crippen molar-refractivity contribution < 1.29 is 24.4 Å². The zero-order valence-corrected chi connectivity index (χ0v) is 14.8. The van der Waals surface area contributed by atoms with Crippen LogP contribution in [0, 0.1) is 10.1 Å². The molecule has 1 atom stereocenters. The minimum absolute atomic E-state index is 0.124. The van der Waals surface area contributed by atoms with E-state index >= 15 is 0 Å². The van der Waals surface area contributed by atoms with E-state index in [2.05, 4.69) is 5.32 Å². The van der Waals surface area contributed by atoms with Crippen molar-refractivity contribution in [1.29, 1.82) is 0 Å². The molecule has 0 bridgehead atoms. The first-order valence-electron chi connectivity index (χ1n) is 8.41. The summed E-state index contributed by atoms with van der Waals surface area (Å²) in [6, 6.07) is 11.4. The first-order valence-corrected chi connectivity index (χ1v) is 8.41. The quantitative estimate of drug-likeness (QED) is 0.515. The van der Waals surface area contributed by atoms with E-state index in [-0.39, 0.29) is 17.7 Å². The van der Waals surface area contributed by atoms with E-state index < -0.39 is 22.8 Å². The summed E-state index contributed by atoms with van der Waals surface area (Å²) in [5.41, 5.74) is 0.0985. The molecule has 0 radical (unpaired) electrons. The molecule has 0 saturated carbocycles. The molecule has 0 saturated heterocycles. The summed E-state index contributed by atoms with van der Waals surface area (Å²) in [5.74, 6) is -1.17. The highest BCUT2D eigenvalue weighted by atomic mass is 16.6. The van der Waals surface area contributed by atoms with E-state index in [1.807, 2.05) is 6.92 Å². The number of nitro groups is 1. The highest BCUT2D eigenvalue weighted by Crippen LogP contribution is 2.23. The van der Waals surface area contributed by atoms with Crippen molar-refractivity contribution in [3.05, 3.63) is 69.8 Å². The minimum Gasteiger partial charge on any atom is -0.494 e. The van der Waals surface area contributed by atoms with Crippen LogP contribution in [0.15, 0.2) is 48.5 Å². The molecule has 0 aliphatic rings. The summed E-state index contributed by atoms with van der Waals surface area (Å²) in [7, 11) is 0. The number of nitro benzene ring substituents is 1. The zero-order valence-electron chi connectivity index (χ0n) is 14.8. The van der Waals surface area contributed by atoms with Crippen LogP contribution in [0.4, 0.5) is 5.69 Å². The van der Waals surface area contributed by atoms with E-state index in [9.17, 15) is 19.7 Å². The molecule has 142 valence electrons. The number of aliphatic carboxylic acids is 1. The van der Waals surface area contributed by atoms with Gasteiger partial charge in [0.15, 0.2) is 0 Å². The van der Waals surface area contributed by atoms with Crippen LogP contribution < -0.4 is 10.1 Å². The summed E-state index contributed by atoms with van der Waals surface area (Å²) in [6.45, 7) is 2.54. The van der Waals surface area contributed by atoms with Gasteiger partial charge in [-0.15, -0.1) is 0 Å². The molecule has 0 heterocycles. The number of amides is 1. The average molecular weight is 372 g/mol. The van der Waals surface area contributed by atoms with Gasteiger partial charge in [-0.25, -0.2) is 0 Å². The minimum atomic E-state index is -1.10. The number of carbonyl (C=O) groups excluding carboxylic acids is 1. The molecule has 1 unspecified atom stereocenters. The number of carbonyl (C=O) groups is 2. The van der Waals surface area contributed by atoms with Crippen LogP contribution in [0.2, 0.25) is 0 Å². The Labute approximate surface area is 155 Å². The van der Waals surface area contributed by atoms with Crippen LogP contribution in [0.1, 0.15) is 41.7 Å². The highest BCUT2D eigenvalue weighted by molar-refractivity contribution is 5.98. The van der Waals surface area contributed by atoms with Gasteiger partial charge in [0.25, 0.3) is 11.6 Å². The third-order valence-electron chi connectivity index (χ3n) is 3.78. The SMILES string of the molecule is CCCOc1ccc(C(CC(=O)O)NC(=O)c2ccccc2[N+](=O)[O-])cc1. The van der Waals surface area contributed by atoms with E-state index in [4.69, 9.17) is 9.84 Å². The molecule has 0 spiro atoms. The third kappa shape index (κ3) is 5.53. The van der Waals surface area contributed by atoms with Crippen molar-refractivity contribution in [3.8, 4) is 5.75 Å². The summed E-state index contributed by atoms with van der Waals surface area (Å²) in [5, 5.41) is 22.8. The molecule has 0 aromatic heterocycles. The molecule has 2 aromatic rings. The maximum atomic E-state index is 12.5. The fourth-order valence-electron chi connectivity index (χ4n) is 2.50. The van der Waals surface area contributed by atoms with Crippen LogP contribution in [0.25, 0.3) is 0 Å². The fourth-order valence-corrected chi connectivity index (χ4v) is 2.50. The van der Waals surface area contributed by atoms with Gasteiger partial charge in [0.1, 0.15) is 11.3 Å². The number of hydrogen-bond acceptors (Lipinski definition) is 5. The zero-order chi connectivity index (χ0) is 19.8. The molecule has 1 amide bonds. The molecule has 2 rings (SSSR count). The van der Waals surface area contributed by atoms with Gasteiger partial charge in [0, 0.05) is 6.07 Å². The molecule has 0 aliphatic heterocycles. The van der Waals surface area contributed by atoms with Crippen molar-refractivity contribution in [2.24, 2.45) is 0 Å². The molecule has 8 nitrogen and oxygen atoms in total. The second-order valence-corrected chi connectivity index (χ2v) is 5.82. The van der Waals surface area contributed by atoms with Gasteiger partial charge in [-0.2, -0.15) is 0 Å². The normalized spacial score (nSPS) is 11.4. The van der Waals surface area contributed by atoms with E-state index in [1.165, 1.54) is 24.3 Å². The number of ether oxygens (including phenoxy) is 1. The van der Waals surface area contributed by atoms with Gasteiger partial charge in [0.05, 0.1) is 24.0 Å². The van der Waals surface area contributed by atoms with Crippen molar-refractivity contribution in [2.75, 3.05) is 6.61 Å². The standard InChI is InChI=1S/C19H20N2O6/c1-2-11-27-14-9-7-13(8-10-14)16(12-18(22)23)20-19(24)15-5-3-4-6-17(15)21(25)26/h3-10,16H,2,11-12H2,1H3,(H,20,24)(H,22,23). The number of nitrogens with one attached hydrogen (secondary N) is 1. The Hall–Kier alpha value is -3.42. The molecule has 0 aliphatic carbocycles. The Kier molecular flexibility index (Phi) is 6.87. The summed E-state index contributed by atoms with van der Waals surface area (Å²) < 4.78 is 5.48. The molecule has 2 N–H and O–H groups in total.